The van der Waals surface area contributed by atoms with E-state index in [2.05, 4.69) is 42.3 Å². The molecule has 1 saturated carbocycles. The minimum Gasteiger partial charge on any atom is -0.384 e. The Morgan fingerprint density at radius 3 is 2.46 bits per heavy atom. The molecule has 0 bridgehead atoms. The Kier molecular flexibility index (Phi) is 5.90. The van der Waals surface area contributed by atoms with E-state index in [1.807, 2.05) is 0 Å². The molecule has 1 aromatic carbocycles. The first-order chi connectivity index (χ1) is 11.5. The molecule has 2 aliphatic rings. The van der Waals surface area contributed by atoms with Gasteiger partial charge in [0.25, 0.3) is 0 Å². The molecule has 3 N–H and O–H groups in total. The third kappa shape index (κ3) is 4.56. The van der Waals surface area contributed by atoms with Crippen LogP contribution < -0.4 is 16.0 Å². The lowest BCUT2D eigenvalue weighted by molar-refractivity contribution is -0.00521. The zero-order chi connectivity index (χ0) is 17.1. The predicted molar refractivity (Wildman–Crippen MR) is 102 cm³/mol. The normalized spacial score (nSPS) is 31.1. The summed E-state index contributed by atoms with van der Waals surface area (Å²) in [7, 11) is 0. The quantitative estimate of drug-likeness (QED) is 0.864. The predicted octanol–water partition coefficient (Wildman–Crippen LogP) is 3.88. The van der Waals surface area contributed by atoms with Crippen LogP contribution in [-0.4, -0.2) is 37.9 Å². The third-order valence-electron chi connectivity index (χ3n) is 5.21. The van der Waals surface area contributed by atoms with E-state index in [1.165, 1.54) is 18.5 Å². The van der Waals surface area contributed by atoms with Crippen molar-refractivity contribution in [1.82, 2.24) is 0 Å². The van der Waals surface area contributed by atoms with Gasteiger partial charge in [0.15, 0.2) is 0 Å². The highest BCUT2D eigenvalue weighted by atomic mass is 35.5. The second-order valence-electron chi connectivity index (χ2n) is 7.49. The SMILES string of the molecule is CC1CN(c2ccc(NCC3CCC(N)CC3)c(Cl)c2)CC(C)O1. The van der Waals surface area contributed by atoms with Gasteiger partial charge in [-0.05, 0) is 63.6 Å². The van der Waals surface area contributed by atoms with Gasteiger partial charge in [-0.15, -0.1) is 0 Å². The molecule has 0 spiro atoms. The van der Waals surface area contributed by atoms with Crippen LogP contribution in [0.25, 0.3) is 0 Å². The molecule has 1 saturated heterocycles. The van der Waals surface area contributed by atoms with Crippen molar-refractivity contribution < 1.29 is 4.74 Å². The fourth-order valence-electron chi connectivity index (χ4n) is 3.88. The molecule has 2 unspecified atom stereocenters. The van der Waals surface area contributed by atoms with Crippen molar-refractivity contribution in [2.75, 3.05) is 29.9 Å². The van der Waals surface area contributed by atoms with Gasteiger partial charge >= 0.3 is 0 Å². The molecule has 0 radical (unpaired) electrons. The minimum absolute atomic E-state index is 0.253. The molecule has 0 amide bonds. The lowest BCUT2D eigenvalue weighted by Crippen LogP contribution is -2.45. The summed E-state index contributed by atoms with van der Waals surface area (Å²) in [4.78, 5) is 2.36. The van der Waals surface area contributed by atoms with Crippen molar-refractivity contribution in [3.05, 3.63) is 23.2 Å². The maximum Gasteiger partial charge on any atom is 0.0726 e. The molecule has 1 heterocycles. The van der Waals surface area contributed by atoms with E-state index in [4.69, 9.17) is 22.1 Å². The molecule has 2 fully saturated rings. The number of anilines is 2. The fraction of sp³-hybridized carbons (Fsp3) is 0.684. The Morgan fingerprint density at radius 2 is 1.83 bits per heavy atom. The lowest BCUT2D eigenvalue weighted by atomic mass is 9.86. The van der Waals surface area contributed by atoms with Gasteiger partial charge in [0, 0.05) is 31.4 Å². The van der Waals surface area contributed by atoms with Crippen LogP contribution >= 0.6 is 11.6 Å². The maximum atomic E-state index is 6.52. The average Bonchev–Trinajstić information content (AvgIpc) is 2.54. The summed E-state index contributed by atoms with van der Waals surface area (Å²) < 4.78 is 5.81. The first kappa shape index (κ1) is 17.8. The smallest absolute Gasteiger partial charge is 0.0726 e. The van der Waals surface area contributed by atoms with E-state index < -0.39 is 0 Å². The van der Waals surface area contributed by atoms with E-state index in [-0.39, 0.29) is 12.2 Å². The van der Waals surface area contributed by atoms with Gasteiger partial charge in [0.2, 0.25) is 0 Å². The first-order valence-corrected chi connectivity index (χ1v) is 9.58. The lowest BCUT2D eigenvalue weighted by Gasteiger charge is -2.37. The average molecular weight is 352 g/mol. The molecule has 5 heteroatoms. The van der Waals surface area contributed by atoms with Crippen molar-refractivity contribution in [3.63, 3.8) is 0 Å². The van der Waals surface area contributed by atoms with Crippen LogP contribution in [-0.2, 0) is 4.74 Å². The number of benzene rings is 1. The monoisotopic (exact) mass is 351 g/mol. The molecule has 1 aliphatic heterocycles. The molecule has 24 heavy (non-hydrogen) atoms. The number of nitrogens with zero attached hydrogens (tertiary/aromatic N) is 1. The third-order valence-corrected chi connectivity index (χ3v) is 5.52. The fourth-order valence-corrected chi connectivity index (χ4v) is 4.12. The topological polar surface area (TPSA) is 50.5 Å². The minimum atomic E-state index is 0.253. The summed E-state index contributed by atoms with van der Waals surface area (Å²) >= 11 is 6.52. The number of halogens is 1. The molecular weight excluding hydrogens is 322 g/mol. The van der Waals surface area contributed by atoms with Crippen LogP contribution in [0.3, 0.4) is 0 Å². The molecule has 3 rings (SSSR count). The number of hydrogen-bond donors (Lipinski definition) is 2. The number of morpholine rings is 1. The van der Waals surface area contributed by atoms with Gasteiger partial charge in [-0.3, -0.25) is 0 Å². The Hall–Kier alpha value is -0.970. The Morgan fingerprint density at radius 1 is 1.17 bits per heavy atom. The maximum absolute atomic E-state index is 6.52. The van der Waals surface area contributed by atoms with E-state index >= 15 is 0 Å². The molecule has 134 valence electrons. The van der Waals surface area contributed by atoms with Crippen LogP contribution in [0, 0.1) is 5.92 Å². The van der Waals surface area contributed by atoms with E-state index in [9.17, 15) is 0 Å². The molecule has 1 aromatic rings. The van der Waals surface area contributed by atoms with Crippen molar-refractivity contribution >= 4 is 23.0 Å². The molecule has 4 nitrogen and oxygen atoms in total. The van der Waals surface area contributed by atoms with Gasteiger partial charge in [-0.25, -0.2) is 0 Å². The Balaban J connectivity index is 1.58. The molecule has 0 aromatic heterocycles. The van der Waals surface area contributed by atoms with E-state index in [1.54, 1.807) is 0 Å². The summed E-state index contributed by atoms with van der Waals surface area (Å²) in [6.07, 6.45) is 5.23. The summed E-state index contributed by atoms with van der Waals surface area (Å²) in [6, 6.07) is 6.75. The zero-order valence-electron chi connectivity index (χ0n) is 14.8. The van der Waals surface area contributed by atoms with Crippen molar-refractivity contribution in [2.45, 2.75) is 57.8 Å². The highest BCUT2D eigenvalue weighted by Gasteiger charge is 2.23. The van der Waals surface area contributed by atoms with Gasteiger partial charge in [0.05, 0.1) is 22.9 Å². The van der Waals surface area contributed by atoms with Gasteiger partial charge in [-0.1, -0.05) is 11.6 Å². The summed E-state index contributed by atoms with van der Waals surface area (Å²) in [5, 5.41) is 4.33. The number of nitrogens with two attached hydrogens (primary N) is 1. The largest absolute Gasteiger partial charge is 0.384 e. The van der Waals surface area contributed by atoms with Crippen molar-refractivity contribution in [2.24, 2.45) is 11.7 Å². The van der Waals surface area contributed by atoms with Crippen LogP contribution in [0.2, 0.25) is 5.02 Å². The van der Waals surface area contributed by atoms with E-state index in [0.29, 0.717) is 12.0 Å². The molecular formula is C19H30ClN3O. The standard InChI is InChI=1S/C19H30ClN3O/c1-13-11-23(12-14(2)24-13)17-7-8-19(18(20)9-17)22-10-15-3-5-16(21)6-4-15/h7-9,13-16,22H,3-6,10-12,21H2,1-2H3. The number of nitrogens with one attached hydrogen (secondary N) is 1. The van der Waals surface area contributed by atoms with Gasteiger partial charge in [-0.2, -0.15) is 0 Å². The van der Waals surface area contributed by atoms with Crippen LogP contribution in [0.1, 0.15) is 39.5 Å². The number of ether oxygens (including phenoxy) is 1. The molecule has 1 aliphatic carbocycles. The Bertz CT molecular complexity index is 535. The summed E-state index contributed by atoms with van der Waals surface area (Å²) in [6.45, 7) is 7.05. The number of hydrogen-bond acceptors (Lipinski definition) is 4. The summed E-state index contributed by atoms with van der Waals surface area (Å²) in [5.74, 6) is 0.710. The first-order valence-electron chi connectivity index (χ1n) is 9.20. The van der Waals surface area contributed by atoms with E-state index in [0.717, 1.165) is 43.2 Å². The molecule has 2 atom stereocenters. The number of rotatable bonds is 4. The van der Waals surface area contributed by atoms with Crippen molar-refractivity contribution in [1.29, 1.82) is 0 Å². The highest BCUT2D eigenvalue weighted by Crippen LogP contribution is 2.30. The second kappa shape index (κ2) is 7.94. The van der Waals surface area contributed by atoms with Crippen LogP contribution in [0.4, 0.5) is 11.4 Å². The van der Waals surface area contributed by atoms with Crippen molar-refractivity contribution in [3.8, 4) is 0 Å². The second-order valence-corrected chi connectivity index (χ2v) is 7.90. The Labute approximate surface area is 150 Å². The highest BCUT2D eigenvalue weighted by molar-refractivity contribution is 6.33. The van der Waals surface area contributed by atoms with Crippen LogP contribution in [0.15, 0.2) is 18.2 Å². The van der Waals surface area contributed by atoms with Gasteiger partial charge < -0.3 is 20.7 Å². The summed E-state index contributed by atoms with van der Waals surface area (Å²) in [5.41, 5.74) is 8.19. The van der Waals surface area contributed by atoms with Gasteiger partial charge in [0.1, 0.15) is 0 Å². The van der Waals surface area contributed by atoms with Crippen LogP contribution in [0.5, 0.6) is 0 Å². The zero-order valence-corrected chi connectivity index (χ0v) is 15.6.